The van der Waals surface area contributed by atoms with Gasteiger partial charge in [0, 0.05) is 13.1 Å². The zero-order chi connectivity index (χ0) is 19.3. The number of aliphatic carboxylic acids is 1. The topological polar surface area (TPSA) is 116 Å². The fourth-order valence-electron chi connectivity index (χ4n) is 3.55. The lowest BCUT2D eigenvalue weighted by molar-refractivity contribution is -0.152. The number of carboxylic acid groups (broad SMARTS) is 1. The molecule has 2 saturated heterocycles. The minimum atomic E-state index is -1.01. The largest absolute Gasteiger partial charge is 0.480 e. The van der Waals surface area contributed by atoms with Gasteiger partial charge in [-0.15, -0.1) is 0 Å². The van der Waals surface area contributed by atoms with Gasteiger partial charge in [-0.2, -0.15) is 0 Å². The molecule has 1 unspecified atom stereocenters. The van der Waals surface area contributed by atoms with Crippen molar-refractivity contribution in [2.75, 3.05) is 33.3 Å². The van der Waals surface area contributed by atoms with Gasteiger partial charge in [-0.05, 0) is 32.2 Å². The number of carbonyl (C=O) groups excluding carboxylic acids is 3. The van der Waals surface area contributed by atoms with E-state index in [1.807, 2.05) is 0 Å². The number of hydrogen-bond acceptors (Lipinski definition) is 6. The number of hydrogen-bond donors (Lipinski definition) is 2. The maximum Gasteiger partial charge on any atom is 0.326 e. The van der Waals surface area contributed by atoms with E-state index < -0.39 is 23.9 Å². The highest BCUT2D eigenvalue weighted by Gasteiger charge is 2.37. The Morgan fingerprint density at radius 3 is 2.58 bits per heavy atom. The lowest BCUT2D eigenvalue weighted by atomic mass is 10.1. The monoisotopic (exact) mass is 369 g/mol. The van der Waals surface area contributed by atoms with Crippen molar-refractivity contribution < 1.29 is 29.0 Å². The minimum absolute atomic E-state index is 0.0494. The Hall–Kier alpha value is -2.16. The quantitative estimate of drug-likeness (QED) is 0.579. The predicted octanol–water partition coefficient (Wildman–Crippen LogP) is -0.548. The molecule has 2 fully saturated rings. The molecule has 2 N–H and O–H groups in total. The molecular weight excluding hydrogens is 342 g/mol. The Morgan fingerprint density at radius 2 is 2.00 bits per heavy atom. The van der Waals surface area contributed by atoms with Gasteiger partial charge in [0.1, 0.15) is 12.6 Å². The van der Waals surface area contributed by atoms with Crippen LogP contribution in [0.3, 0.4) is 0 Å². The summed E-state index contributed by atoms with van der Waals surface area (Å²) in [5.74, 6) is -2.72. The molecule has 2 aliphatic rings. The molecule has 0 spiro atoms. The van der Waals surface area contributed by atoms with Gasteiger partial charge in [-0.3, -0.25) is 14.4 Å². The molecule has 2 heterocycles. The van der Waals surface area contributed by atoms with Gasteiger partial charge >= 0.3 is 11.9 Å². The van der Waals surface area contributed by atoms with Crippen molar-refractivity contribution in [3.63, 3.8) is 0 Å². The second kappa shape index (κ2) is 8.98. The number of carbonyl (C=O) groups is 4. The Balaban J connectivity index is 2.05. The van der Waals surface area contributed by atoms with Crippen molar-refractivity contribution in [3.05, 3.63) is 0 Å². The standard InChI is InChI=1S/C17H27N3O6/c1-11(15(22)20-8-4-6-13(20)17(24)25)9-19(10-14(21)26-2)16(23)12-5-3-7-18-12/h11-13,18H,3-10H2,1-2H3,(H,24,25)/t11?,12-,13-/m0/s1. The zero-order valence-corrected chi connectivity index (χ0v) is 15.3. The van der Waals surface area contributed by atoms with Gasteiger partial charge < -0.3 is 25.0 Å². The second-order valence-electron chi connectivity index (χ2n) is 6.87. The molecule has 0 aromatic heterocycles. The third-order valence-electron chi connectivity index (χ3n) is 4.95. The number of nitrogens with one attached hydrogen (secondary N) is 1. The third-order valence-corrected chi connectivity index (χ3v) is 4.95. The molecule has 0 aromatic carbocycles. The van der Waals surface area contributed by atoms with E-state index in [1.54, 1.807) is 6.92 Å². The van der Waals surface area contributed by atoms with Gasteiger partial charge in [0.05, 0.1) is 19.1 Å². The molecule has 2 rings (SSSR count). The van der Waals surface area contributed by atoms with Crippen molar-refractivity contribution >= 4 is 23.8 Å². The summed E-state index contributed by atoms with van der Waals surface area (Å²) in [6.07, 6.45) is 2.65. The molecule has 146 valence electrons. The predicted molar refractivity (Wildman–Crippen MR) is 91.2 cm³/mol. The van der Waals surface area contributed by atoms with Gasteiger partial charge in [0.15, 0.2) is 0 Å². The molecule has 0 aliphatic carbocycles. The molecule has 0 bridgehead atoms. The summed E-state index contributed by atoms with van der Waals surface area (Å²) >= 11 is 0. The van der Waals surface area contributed by atoms with Crippen LogP contribution >= 0.6 is 0 Å². The van der Waals surface area contributed by atoms with E-state index in [-0.39, 0.29) is 30.9 Å². The molecule has 26 heavy (non-hydrogen) atoms. The molecule has 9 nitrogen and oxygen atoms in total. The van der Waals surface area contributed by atoms with E-state index >= 15 is 0 Å². The molecule has 3 atom stereocenters. The maximum absolute atomic E-state index is 12.7. The Kier molecular flexibility index (Phi) is 6.96. The molecule has 0 saturated carbocycles. The van der Waals surface area contributed by atoms with Crippen molar-refractivity contribution in [1.82, 2.24) is 15.1 Å². The molecule has 0 radical (unpaired) electrons. The zero-order valence-electron chi connectivity index (χ0n) is 15.3. The lowest BCUT2D eigenvalue weighted by Crippen LogP contribution is -2.50. The SMILES string of the molecule is COC(=O)CN(CC(C)C(=O)N1CCC[C@H]1C(=O)O)C(=O)[C@@H]1CCCN1. The summed E-state index contributed by atoms with van der Waals surface area (Å²) < 4.78 is 4.66. The Labute approximate surface area is 152 Å². The van der Waals surface area contributed by atoms with Crippen LogP contribution in [0, 0.1) is 5.92 Å². The van der Waals surface area contributed by atoms with Crippen LogP contribution in [0.2, 0.25) is 0 Å². The molecule has 9 heteroatoms. The van der Waals surface area contributed by atoms with E-state index in [0.29, 0.717) is 25.8 Å². The Morgan fingerprint density at radius 1 is 1.27 bits per heavy atom. The molecule has 0 aromatic rings. The number of rotatable bonds is 7. The smallest absolute Gasteiger partial charge is 0.326 e. The van der Waals surface area contributed by atoms with Crippen molar-refractivity contribution in [2.24, 2.45) is 5.92 Å². The van der Waals surface area contributed by atoms with E-state index in [4.69, 9.17) is 0 Å². The van der Waals surface area contributed by atoms with Gasteiger partial charge in [-0.1, -0.05) is 6.92 Å². The van der Waals surface area contributed by atoms with Crippen LogP contribution in [0.4, 0.5) is 0 Å². The van der Waals surface area contributed by atoms with E-state index in [0.717, 1.165) is 13.0 Å². The average molecular weight is 369 g/mol. The van der Waals surface area contributed by atoms with Crippen LogP contribution in [0.1, 0.15) is 32.6 Å². The number of nitrogens with zero attached hydrogens (tertiary/aromatic N) is 2. The summed E-state index contributed by atoms with van der Waals surface area (Å²) in [7, 11) is 1.25. The maximum atomic E-state index is 12.7. The van der Waals surface area contributed by atoms with Crippen molar-refractivity contribution in [1.29, 1.82) is 0 Å². The van der Waals surface area contributed by atoms with Crippen LogP contribution in [-0.2, 0) is 23.9 Å². The minimum Gasteiger partial charge on any atom is -0.480 e. The summed E-state index contributed by atoms with van der Waals surface area (Å²) in [6, 6.07) is -1.17. The lowest BCUT2D eigenvalue weighted by Gasteiger charge is -2.30. The van der Waals surface area contributed by atoms with Gasteiger partial charge in [0.25, 0.3) is 0 Å². The highest BCUT2D eigenvalue weighted by molar-refractivity contribution is 5.88. The van der Waals surface area contributed by atoms with Crippen LogP contribution in [0.25, 0.3) is 0 Å². The number of amides is 2. The highest BCUT2D eigenvalue weighted by Crippen LogP contribution is 2.21. The van der Waals surface area contributed by atoms with Crippen LogP contribution in [0.15, 0.2) is 0 Å². The summed E-state index contributed by atoms with van der Waals surface area (Å²) in [5.41, 5.74) is 0. The molecular formula is C17H27N3O6. The molecule has 2 aliphatic heterocycles. The number of methoxy groups -OCH3 is 1. The van der Waals surface area contributed by atoms with Crippen LogP contribution in [-0.4, -0.2) is 84.0 Å². The first kappa shape index (κ1) is 20.2. The highest BCUT2D eigenvalue weighted by atomic mass is 16.5. The van der Waals surface area contributed by atoms with E-state index in [9.17, 15) is 24.3 Å². The van der Waals surface area contributed by atoms with E-state index in [2.05, 4.69) is 10.1 Å². The van der Waals surface area contributed by atoms with Crippen molar-refractivity contribution in [2.45, 2.75) is 44.7 Å². The first-order valence-corrected chi connectivity index (χ1v) is 8.97. The van der Waals surface area contributed by atoms with Crippen LogP contribution in [0.5, 0.6) is 0 Å². The Bertz CT molecular complexity index is 561. The van der Waals surface area contributed by atoms with E-state index in [1.165, 1.54) is 16.9 Å². The van der Waals surface area contributed by atoms with Gasteiger partial charge in [-0.25, -0.2) is 4.79 Å². The third kappa shape index (κ3) is 4.72. The van der Waals surface area contributed by atoms with Crippen molar-refractivity contribution in [3.8, 4) is 0 Å². The summed E-state index contributed by atoms with van der Waals surface area (Å²) in [5, 5.41) is 12.3. The van der Waals surface area contributed by atoms with Crippen LogP contribution < -0.4 is 5.32 Å². The average Bonchev–Trinajstić information content (AvgIpc) is 3.30. The number of ether oxygens (including phenoxy) is 1. The second-order valence-corrected chi connectivity index (χ2v) is 6.87. The summed E-state index contributed by atoms with van der Waals surface area (Å²) in [6.45, 7) is 2.61. The fourth-order valence-corrected chi connectivity index (χ4v) is 3.55. The summed E-state index contributed by atoms with van der Waals surface area (Å²) in [4.78, 5) is 51.1. The first-order chi connectivity index (χ1) is 12.3. The number of esters is 1. The fraction of sp³-hybridized carbons (Fsp3) is 0.765. The first-order valence-electron chi connectivity index (χ1n) is 8.97. The number of likely N-dealkylation sites (tertiary alicyclic amines) is 1. The normalized spacial score (nSPS) is 23.5. The number of carboxylic acids is 1. The van der Waals surface area contributed by atoms with Gasteiger partial charge in [0.2, 0.25) is 11.8 Å². The molecule has 2 amide bonds.